The topological polar surface area (TPSA) is 46.2 Å². The first-order chi connectivity index (χ1) is 9.40. The third kappa shape index (κ3) is 4.82. The Labute approximate surface area is 123 Å². The molecule has 1 N–H and O–H groups in total. The molecule has 0 aliphatic heterocycles. The summed E-state index contributed by atoms with van der Waals surface area (Å²) in [5.41, 5.74) is 2.81. The van der Waals surface area contributed by atoms with E-state index in [2.05, 4.69) is 11.6 Å². The number of hydrogen-bond donors (Lipinski definition) is 1. The highest BCUT2D eigenvalue weighted by atomic mass is 32.2. The molecule has 0 saturated heterocycles. The van der Waals surface area contributed by atoms with Crippen molar-refractivity contribution in [3.05, 3.63) is 29.3 Å². The van der Waals surface area contributed by atoms with Gasteiger partial charge in [-0.15, -0.1) is 0 Å². The van der Waals surface area contributed by atoms with Crippen LogP contribution in [-0.4, -0.2) is 13.7 Å². The minimum Gasteiger partial charge on any atom is -0.283 e. The van der Waals surface area contributed by atoms with E-state index in [4.69, 9.17) is 0 Å². The lowest BCUT2D eigenvalue weighted by atomic mass is 10.1. The summed E-state index contributed by atoms with van der Waals surface area (Å²) >= 11 is 0. The van der Waals surface area contributed by atoms with E-state index >= 15 is 0 Å². The molecule has 3 nitrogen and oxygen atoms in total. The first kappa shape index (κ1) is 17.0. The van der Waals surface area contributed by atoms with Gasteiger partial charge in [0.1, 0.15) is 0 Å². The normalized spacial score (nSPS) is 13.2. The van der Waals surface area contributed by atoms with Crippen LogP contribution in [0, 0.1) is 13.8 Å². The first-order valence-electron chi connectivity index (χ1n) is 7.49. The molecule has 0 spiro atoms. The summed E-state index contributed by atoms with van der Waals surface area (Å²) in [5.74, 6) is 0. The van der Waals surface area contributed by atoms with Gasteiger partial charge in [-0.3, -0.25) is 4.72 Å². The second-order valence-corrected chi connectivity index (χ2v) is 7.48. The molecule has 1 aromatic carbocycles. The average molecular weight is 297 g/mol. The summed E-state index contributed by atoms with van der Waals surface area (Å²) in [5, 5.41) is -0.284. The molecule has 0 amide bonds. The van der Waals surface area contributed by atoms with Gasteiger partial charge in [-0.1, -0.05) is 50.8 Å². The number of nitrogens with one attached hydrogen (secondary N) is 1. The highest BCUT2D eigenvalue weighted by molar-refractivity contribution is 7.93. The fraction of sp³-hybridized carbons (Fsp3) is 0.625. The van der Waals surface area contributed by atoms with Crippen molar-refractivity contribution >= 4 is 15.7 Å². The molecule has 0 saturated carbocycles. The predicted octanol–water partition coefficient (Wildman–Crippen LogP) is 4.40. The quantitative estimate of drug-likeness (QED) is 0.773. The molecular weight excluding hydrogens is 270 g/mol. The van der Waals surface area contributed by atoms with Gasteiger partial charge in [-0.2, -0.15) is 0 Å². The van der Waals surface area contributed by atoms with E-state index in [1.807, 2.05) is 39.0 Å². The van der Waals surface area contributed by atoms with E-state index in [1.54, 1.807) is 0 Å². The van der Waals surface area contributed by atoms with E-state index in [0.29, 0.717) is 5.69 Å². The molecule has 4 heteroatoms. The van der Waals surface area contributed by atoms with Crippen LogP contribution in [0.2, 0.25) is 0 Å². The molecule has 0 aromatic heterocycles. The first-order valence-corrected chi connectivity index (χ1v) is 9.04. The Balaban J connectivity index is 2.90. The maximum Gasteiger partial charge on any atom is 0.235 e. The number of anilines is 1. The van der Waals surface area contributed by atoms with E-state index < -0.39 is 10.0 Å². The van der Waals surface area contributed by atoms with Crippen LogP contribution in [0.15, 0.2) is 18.2 Å². The lowest BCUT2D eigenvalue weighted by Gasteiger charge is -2.19. The largest absolute Gasteiger partial charge is 0.283 e. The Morgan fingerprint density at radius 1 is 1.10 bits per heavy atom. The van der Waals surface area contributed by atoms with Crippen LogP contribution in [0.5, 0.6) is 0 Å². The third-order valence-electron chi connectivity index (χ3n) is 3.56. The monoisotopic (exact) mass is 297 g/mol. The molecule has 0 aliphatic rings. The van der Waals surface area contributed by atoms with Gasteiger partial charge in [-0.05, 0) is 38.3 Å². The van der Waals surface area contributed by atoms with Gasteiger partial charge in [0.05, 0.1) is 10.9 Å². The molecule has 1 rings (SSSR count). The molecular formula is C16H27NO2S. The molecule has 0 fully saturated rings. The van der Waals surface area contributed by atoms with Gasteiger partial charge in [0.25, 0.3) is 0 Å². The number of aryl methyl sites for hydroxylation is 2. The van der Waals surface area contributed by atoms with Crippen molar-refractivity contribution in [1.29, 1.82) is 0 Å². The number of sulfonamides is 1. The molecule has 1 unspecified atom stereocenters. The van der Waals surface area contributed by atoms with Crippen molar-refractivity contribution in [2.75, 3.05) is 4.72 Å². The Morgan fingerprint density at radius 3 is 2.35 bits per heavy atom. The van der Waals surface area contributed by atoms with Crippen LogP contribution >= 0.6 is 0 Å². The second-order valence-electron chi connectivity index (χ2n) is 5.52. The van der Waals surface area contributed by atoms with Gasteiger partial charge in [0, 0.05) is 0 Å². The molecule has 0 bridgehead atoms. The van der Waals surface area contributed by atoms with E-state index in [9.17, 15) is 8.42 Å². The summed E-state index contributed by atoms with van der Waals surface area (Å²) < 4.78 is 27.8. The Kier molecular flexibility index (Phi) is 6.53. The summed E-state index contributed by atoms with van der Waals surface area (Å²) in [6.45, 7) is 8.07. The van der Waals surface area contributed by atoms with Gasteiger partial charge in [0.2, 0.25) is 10.0 Å². The second kappa shape index (κ2) is 7.67. The minimum atomic E-state index is -3.30. The number of rotatable bonds is 8. The zero-order valence-electron chi connectivity index (χ0n) is 13.1. The summed E-state index contributed by atoms with van der Waals surface area (Å²) in [7, 11) is -3.30. The lowest BCUT2D eigenvalue weighted by molar-refractivity contribution is 0.552. The standard InChI is InChI=1S/C16H27NO2S/c1-5-7-9-15(8-6-2)20(18,19)17-16-11-10-13(3)12-14(16)4/h10-12,15,17H,5-9H2,1-4H3. The zero-order valence-corrected chi connectivity index (χ0v) is 13.9. The molecule has 114 valence electrons. The summed E-state index contributed by atoms with van der Waals surface area (Å²) in [6, 6.07) is 5.79. The van der Waals surface area contributed by atoms with Crippen LogP contribution in [0.1, 0.15) is 57.1 Å². The highest BCUT2D eigenvalue weighted by Gasteiger charge is 2.24. The number of hydrogen-bond acceptors (Lipinski definition) is 2. The Bertz CT molecular complexity index is 523. The van der Waals surface area contributed by atoms with E-state index in [0.717, 1.165) is 43.2 Å². The minimum absolute atomic E-state index is 0.284. The molecule has 0 aliphatic carbocycles. The van der Waals surface area contributed by atoms with Crippen LogP contribution in [0.25, 0.3) is 0 Å². The van der Waals surface area contributed by atoms with E-state index in [1.165, 1.54) is 0 Å². The number of benzene rings is 1. The van der Waals surface area contributed by atoms with Crippen molar-refractivity contribution in [3.8, 4) is 0 Å². The molecule has 0 radical (unpaired) electrons. The highest BCUT2D eigenvalue weighted by Crippen LogP contribution is 2.22. The molecule has 20 heavy (non-hydrogen) atoms. The molecule has 0 heterocycles. The Hall–Kier alpha value is -1.03. The van der Waals surface area contributed by atoms with Crippen molar-refractivity contribution in [2.24, 2.45) is 0 Å². The SMILES string of the molecule is CCCCC(CCC)S(=O)(=O)Nc1ccc(C)cc1C. The zero-order chi connectivity index (χ0) is 15.2. The fourth-order valence-corrected chi connectivity index (χ4v) is 4.10. The summed E-state index contributed by atoms with van der Waals surface area (Å²) in [4.78, 5) is 0. The maximum atomic E-state index is 12.5. The van der Waals surface area contributed by atoms with Crippen molar-refractivity contribution in [2.45, 2.75) is 65.0 Å². The van der Waals surface area contributed by atoms with Crippen LogP contribution in [0.4, 0.5) is 5.69 Å². The van der Waals surface area contributed by atoms with Crippen molar-refractivity contribution < 1.29 is 8.42 Å². The average Bonchev–Trinajstić information content (AvgIpc) is 2.37. The van der Waals surface area contributed by atoms with Gasteiger partial charge >= 0.3 is 0 Å². The van der Waals surface area contributed by atoms with Gasteiger partial charge in [-0.25, -0.2) is 8.42 Å². The summed E-state index contributed by atoms with van der Waals surface area (Å²) in [6.07, 6.45) is 4.34. The van der Waals surface area contributed by atoms with Crippen LogP contribution in [0.3, 0.4) is 0 Å². The third-order valence-corrected chi connectivity index (χ3v) is 5.42. The lowest BCUT2D eigenvalue weighted by Crippen LogP contribution is -2.28. The maximum absolute atomic E-state index is 12.5. The molecule has 1 atom stereocenters. The Morgan fingerprint density at radius 2 is 1.80 bits per heavy atom. The van der Waals surface area contributed by atoms with Crippen LogP contribution < -0.4 is 4.72 Å². The van der Waals surface area contributed by atoms with Gasteiger partial charge < -0.3 is 0 Å². The van der Waals surface area contributed by atoms with Gasteiger partial charge in [0.15, 0.2) is 0 Å². The molecule has 1 aromatic rings. The van der Waals surface area contributed by atoms with Crippen LogP contribution in [-0.2, 0) is 10.0 Å². The number of unbranched alkanes of at least 4 members (excludes halogenated alkanes) is 1. The smallest absolute Gasteiger partial charge is 0.235 e. The van der Waals surface area contributed by atoms with Crippen molar-refractivity contribution in [1.82, 2.24) is 0 Å². The van der Waals surface area contributed by atoms with Crippen molar-refractivity contribution in [3.63, 3.8) is 0 Å². The fourth-order valence-electron chi connectivity index (χ4n) is 2.37. The predicted molar refractivity (Wildman–Crippen MR) is 86.7 cm³/mol. The van der Waals surface area contributed by atoms with E-state index in [-0.39, 0.29) is 5.25 Å².